The molecule has 1 saturated heterocycles. The van der Waals surface area contributed by atoms with E-state index in [1.165, 1.54) is 49.8 Å². The van der Waals surface area contributed by atoms with Crippen molar-refractivity contribution in [1.29, 1.82) is 0 Å². The molecular formula is C61H67N2O3P. The van der Waals surface area contributed by atoms with E-state index in [0.29, 0.717) is 12.8 Å². The molecule has 344 valence electrons. The number of Topliss-reactive ketones (excluding diaryl/α,β-unsaturated/α-hetero) is 1. The van der Waals surface area contributed by atoms with Crippen LogP contribution in [0, 0.1) is 13.8 Å². The third-order valence-corrected chi connectivity index (χ3v) is 16.8. The summed E-state index contributed by atoms with van der Waals surface area (Å²) in [5, 5.41) is 1.33. The van der Waals surface area contributed by atoms with Crippen molar-refractivity contribution in [3.05, 3.63) is 172 Å². The first-order valence-corrected chi connectivity index (χ1v) is 25.6. The minimum Gasteiger partial charge on any atom is -0.496 e. The van der Waals surface area contributed by atoms with Crippen LogP contribution in [-0.4, -0.2) is 30.0 Å². The first kappa shape index (κ1) is 47.6. The highest BCUT2D eigenvalue weighted by atomic mass is 31.1. The topological polar surface area (TPSA) is 61.3 Å². The molecule has 2 aromatic heterocycles. The number of para-hydroxylation sites is 2. The number of aromatic nitrogens is 2. The van der Waals surface area contributed by atoms with Gasteiger partial charge in [-0.05, 0) is 135 Å². The normalized spacial score (nSPS) is 16.4. The van der Waals surface area contributed by atoms with E-state index in [1.54, 1.807) is 14.2 Å². The van der Waals surface area contributed by atoms with E-state index < -0.39 is 7.92 Å². The highest BCUT2D eigenvalue weighted by Crippen LogP contribution is 2.68. The van der Waals surface area contributed by atoms with Crippen molar-refractivity contribution in [3.8, 4) is 56.0 Å². The monoisotopic (exact) mass is 906 g/mol. The first-order valence-electron chi connectivity index (χ1n) is 24.1. The summed E-state index contributed by atoms with van der Waals surface area (Å²) in [5.74, 6) is 2.76. The Balaban J connectivity index is 1.56. The van der Waals surface area contributed by atoms with Crippen molar-refractivity contribution < 1.29 is 14.3 Å². The van der Waals surface area contributed by atoms with Crippen LogP contribution in [0.3, 0.4) is 0 Å². The Morgan fingerprint density at radius 3 is 1.16 bits per heavy atom. The maximum absolute atomic E-state index is 14.4. The zero-order valence-corrected chi connectivity index (χ0v) is 42.5. The number of ether oxygens (including phenoxy) is 2. The van der Waals surface area contributed by atoms with Gasteiger partial charge in [-0.15, -0.1) is 0 Å². The van der Waals surface area contributed by atoms with Gasteiger partial charge in [0.1, 0.15) is 17.3 Å². The Kier molecular flexibility index (Phi) is 14.3. The lowest BCUT2D eigenvalue weighted by Gasteiger charge is -2.41. The zero-order chi connectivity index (χ0) is 47.7. The lowest BCUT2D eigenvalue weighted by atomic mass is 9.79. The van der Waals surface area contributed by atoms with E-state index in [4.69, 9.17) is 19.4 Å². The van der Waals surface area contributed by atoms with E-state index in [-0.39, 0.29) is 40.8 Å². The summed E-state index contributed by atoms with van der Waals surface area (Å²) in [6, 6.07) is 46.2. The van der Waals surface area contributed by atoms with E-state index in [1.807, 2.05) is 12.1 Å². The maximum Gasteiger partial charge on any atom is 0.134 e. The number of ketones is 1. The van der Waals surface area contributed by atoms with Crippen LogP contribution in [0.2, 0.25) is 0 Å². The molecule has 0 saturated carbocycles. The first-order chi connectivity index (χ1) is 32.2. The highest BCUT2D eigenvalue weighted by Gasteiger charge is 2.44. The van der Waals surface area contributed by atoms with Crippen LogP contribution in [0.15, 0.2) is 127 Å². The third-order valence-electron chi connectivity index (χ3n) is 13.6. The number of hydrogen-bond acceptors (Lipinski definition) is 5. The van der Waals surface area contributed by atoms with Gasteiger partial charge < -0.3 is 9.47 Å². The van der Waals surface area contributed by atoms with Gasteiger partial charge in [0, 0.05) is 58.1 Å². The molecule has 1 aliphatic heterocycles. The average Bonchev–Trinajstić information content (AvgIpc) is 3.32. The number of carbonyl (C=O) groups excluding carboxylic acids is 1. The van der Waals surface area contributed by atoms with Gasteiger partial charge in [0.15, 0.2) is 0 Å². The van der Waals surface area contributed by atoms with Crippen molar-refractivity contribution in [3.63, 3.8) is 0 Å². The summed E-state index contributed by atoms with van der Waals surface area (Å²) in [4.78, 5) is 25.0. The molecule has 0 aliphatic carbocycles. The summed E-state index contributed by atoms with van der Waals surface area (Å²) in [7, 11) is 2.30. The van der Waals surface area contributed by atoms with Gasteiger partial charge in [0.05, 0.1) is 14.2 Å². The van der Waals surface area contributed by atoms with Crippen LogP contribution in [0.1, 0.15) is 148 Å². The van der Waals surface area contributed by atoms with Gasteiger partial charge in [-0.2, -0.15) is 0 Å². The summed E-state index contributed by atoms with van der Waals surface area (Å²) in [5.41, 5.74) is 18.3. The fourth-order valence-electron chi connectivity index (χ4n) is 10.4. The zero-order valence-electron chi connectivity index (χ0n) is 41.6. The Bertz CT molecular complexity index is 2680. The molecule has 2 atom stereocenters. The fraction of sp³-hybridized carbons (Fsp3) is 0.328. The minimum atomic E-state index is -1.22. The molecule has 5 nitrogen and oxygen atoms in total. The van der Waals surface area contributed by atoms with Crippen molar-refractivity contribution >= 4 is 19.0 Å². The van der Waals surface area contributed by atoms with Crippen molar-refractivity contribution in [2.45, 2.75) is 117 Å². The Hall–Kier alpha value is -5.90. The summed E-state index contributed by atoms with van der Waals surface area (Å²) in [6.07, 6.45) is 0.861. The van der Waals surface area contributed by atoms with Crippen LogP contribution in [0.4, 0.5) is 0 Å². The molecule has 67 heavy (non-hydrogen) atoms. The van der Waals surface area contributed by atoms with Crippen molar-refractivity contribution in [1.82, 2.24) is 9.97 Å². The van der Waals surface area contributed by atoms with Crippen LogP contribution >= 0.6 is 7.92 Å². The molecule has 5 aromatic carbocycles. The molecule has 0 N–H and O–H groups in total. The summed E-state index contributed by atoms with van der Waals surface area (Å²) in [6.45, 7) is 22.7. The molecule has 0 amide bonds. The number of methoxy groups -OCH3 is 2. The second-order valence-electron chi connectivity index (χ2n) is 19.6. The van der Waals surface area contributed by atoms with Crippen molar-refractivity contribution in [2.24, 2.45) is 0 Å². The largest absolute Gasteiger partial charge is 0.496 e. The number of aryl methyl sites for hydroxylation is 2. The Morgan fingerprint density at radius 2 is 0.821 bits per heavy atom. The van der Waals surface area contributed by atoms with Crippen LogP contribution in [-0.2, 0) is 4.79 Å². The number of benzene rings is 5. The van der Waals surface area contributed by atoms with E-state index in [2.05, 4.69) is 184 Å². The lowest BCUT2D eigenvalue weighted by molar-refractivity contribution is -0.119. The maximum atomic E-state index is 14.4. The van der Waals surface area contributed by atoms with Crippen molar-refractivity contribution in [2.75, 3.05) is 14.2 Å². The van der Waals surface area contributed by atoms with Gasteiger partial charge in [-0.25, -0.2) is 0 Å². The van der Waals surface area contributed by atoms with E-state index in [9.17, 15) is 4.79 Å². The van der Waals surface area contributed by atoms with E-state index in [0.717, 1.165) is 56.5 Å². The molecule has 6 heteroatoms. The Morgan fingerprint density at radius 1 is 0.478 bits per heavy atom. The molecule has 0 radical (unpaired) electrons. The number of carbonyl (C=O) groups is 1. The predicted octanol–water partition coefficient (Wildman–Crippen LogP) is 16.2. The molecule has 0 spiro atoms. The molecule has 0 bridgehead atoms. The second-order valence-corrected chi connectivity index (χ2v) is 22.1. The molecule has 2 unspecified atom stereocenters. The van der Waals surface area contributed by atoms with Gasteiger partial charge in [-0.1, -0.05) is 154 Å². The molecular weight excluding hydrogens is 840 g/mol. The number of rotatable bonds is 13. The average molecular weight is 907 g/mol. The third kappa shape index (κ3) is 9.50. The van der Waals surface area contributed by atoms with Gasteiger partial charge in [0.2, 0.25) is 0 Å². The number of nitrogens with zero attached hydrogens (tertiary/aromatic N) is 2. The minimum absolute atomic E-state index is 0.140. The quantitative estimate of drug-likeness (QED) is 0.108. The highest BCUT2D eigenvalue weighted by molar-refractivity contribution is 7.67. The van der Waals surface area contributed by atoms with Gasteiger partial charge in [-0.3, -0.25) is 14.8 Å². The lowest BCUT2D eigenvalue weighted by Crippen LogP contribution is -2.27. The Labute approximate surface area is 401 Å². The second kappa shape index (κ2) is 20.1. The molecule has 8 rings (SSSR count). The predicted molar refractivity (Wildman–Crippen MR) is 282 cm³/mol. The van der Waals surface area contributed by atoms with Crippen LogP contribution in [0.25, 0.3) is 44.5 Å². The summed E-state index contributed by atoms with van der Waals surface area (Å²) >= 11 is 0. The number of pyridine rings is 2. The SMILES string of the molecule is COc1ccccc1-c1cc(C(C)C)c(-c2cccc(-c3c(C(C)C)cc(-c4ccccc4OC)cc3C(C)C)c2P2C(c3cccc(C)n3)CC(=O)CC2c2cccc(C)n2)c(C(C)C)c1. The molecule has 1 aliphatic rings. The van der Waals surface area contributed by atoms with Crippen LogP contribution < -0.4 is 14.8 Å². The smallest absolute Gasteiger partial charge is 0.134 e. The van der Waals surface area contributed by atoms with Gasteiger partial charge >= 0.3 is 0 Å². The fourth-order valence-corrected chi connectivity index (χ4v) is 14.0. The van der Waals surface area contributed by atoms with Gasteiger partial charge in [0.25, 0.3) is 0 Å². The number of hydrogen-bond donors (Lipinski definition) is 0. The summed E-state index contributed by atoms with van der Waals surface area (Å²) < 4.78 is 12.0. The molecule has 3 heterocycles. The molecule has 1 fully saturated rings. The van der Waals surface area contributed by atoms with Crippen LogP contribution in [0.5, 0.6) is 11.5 Å². The standard InChI is InChI=1S/C61H67N2O3P/c1-36(2)49-30-42(45-22-13-15-28-55(45)65-11)31-50(37(3)4)59(49)47-24-19-25-48(60-51(38(5)6)32-43(33-52(60)39(7)8)46-23-14-16-29-56(46)66-12)61(47)67-57(53-26-17-20-40(9)62-53)34-44(64)35-58(67)54-27-18-21-41(10)63-54/h13-33,36-39,57-58H,34-35H2,1-12H3. The van der Waals surface area contributed by atoms with E-state index >= 15 is 0 Å². The molecule has 7 aromatic rings.